The molecule has 0 aromatic carbocycles. The topological polar surface area (TPSA) is 136 Å². The van der Waals surface area contributed by atoms with Gasteiger partial charge in [0.15, 0.2) is 0 Å². The van der Waals surface area contributed by atoms with Gasteiger partial charge in [-0.05, 0) is 26.8 Å². The second-order valence-corrected chi connectivity index (χ2v) is 6.48. The normalized spacial score (nSPS) is 11.1. The van der Waals surface area contributed by atoms with E-state index in [0.717, 1.165) is 20.1 Å². The number of aliphatic hydroxyl groups excluding tert-OH is 2. The maximum absolute atomic E-state index is 11.2. The molecule has 0 bridgehead atoms. The Bertz CT molecular complexity index is 500. The van der Waals surface area contributed by atoms with Crippen molar-refractivity contribution in [2.24, 2.45) is 0 Å². The maximum atomic E-state index is 11.2. The molecule has 0 saturated carbocycles. The largest absolute Gasteiger partial charge is 0.462 e. The van der Waals surface area contributed by atoms with Crippen molar-refractivity contribution in [2.75, 3.05) is 72.9 Å². The lowest BCUT2D eigenvalue weighted by Crippen LogP contribution is -2.33. The van der Waals surface area contributed by atoms with E-state index in [4.69, 9.17) is 24.1 Å². The summed E-state index contributed by atoms with van der Waals surface area (Å²) in [5.74, 6) is -0.865. The molecule has 0 rings (SSSR count). The molecule has 182 valence electrons. The van der Waals surface area contributed by atoms with Crippen LogP contribution in [0.5, 0.6) is 0 Å². The van der Waals surface area contributed by atoms with Crippen molar-refractivity contribution in [2.45, 2.75) is 26.4 Å². The predicted molar refractivity (Wildman–Crippen MR) is 118 cm³/mol. The first kappa shape index (κ1) is 31.4. The summed E-state index contributed by atoms with van der Waals surface area (Å²) in [6.07, 6.45) is -0.0348. The molecule has 0 fully saturated rings. The molecule has 10 heteroatoms. The number of ether oxygens (including phenoxy) is 4. The summed E-state index contributed by atoms with van der Waals surface area (Å²) in [6, 6.07) is 0. The average molecular weight is 449 g/mol. The third-order valence-corrected chi connectivity index (χ3v) is 3.43. The van der Waals surface area contributed by atoms with Crippen molar-refractivity contribution in [3.05, 3.63) is 24.3 Å². The van der Waals surface area contributed by atoms with Gasteiger partial charge in [0.05, 0.1) is 33.0 Å². The van der Waals surface area contributed by atoms with Crippen molar-refractivity contribution >= 4 is 11.9 Å². The Morgan fingerprint density at radius 3 is 1.87 bits per heavy atom. The van der Waals surface area contributed by atoms with Crippen LogP contribution in [0.3, 0.4) is 0 Å². The molecule has 0 aliphatic heterocycles. The standard InChI is InChI=1S/C20H36N2O7.CH4O/c1-16(2)19(24)28-9-5-6-21-7-10-26-12-13-27-11-8-22-14-18(23)15-29-20(25)17(3)4;1-2/h18,21-23H,1,3,5-15H2,2,4H3;2H,1H3. The summed E-state index contributed by atoms with van der Waals surface area (Å²) in [4.78, 5) is 22.3. The molecule has 0 aromatic heterocycles. The maximum Gasteiger partial charge on any atom is 0.333 e. The van der Waals surface area contributed by atoms with Crippen LogP contribution in [0.2, 0.25) is 0 Å². The van der Waals surface area contributed by atoms with Gasteiger partial charge in [-0.25, -0.2) is 9.59 Å². The number of carbonyl (C=O) groups excluding carboxylic acids is 2. The van der Waals surface area contributed by atoms with Crippen molar-refractivity contribution < 1.29 is 38.7 Å². The van der Waals surface area contributed by atoms with Crippen LogP contribution in [0.4, 0.5) is 0 Å². The molecule has 1 unspecified atom stereocenters. The Hall–Kier alpha value is -1.82. The van der Waals surface area contributed by atoms with Gasteiger partial charge >= 0.3 is 11.9 Å². The van der Waals surface area contributed by atoms with Crippen LogP contribution in [0.1, 0.15) is 20.3 Å². The summed E-state index contributed by atoms with van der Waals surface area (Å²) < 4.78 is 20.7. The fourth-order valence-corrected chi connectivity index (χ4v) is 1.84. The van der Waals surface area contributed by atoms with Gasteiger partial charge in [0.25, 0.3) is 0 Å². The molecule has 10 nitrogen and oxygen atoms in total. The lowest BCUT2D eigenvalue weighted by atomic mass is 10.3. The average Bonchev–Trinajstić information content (AvgIpc) is 2.75. The minimum absolute atomic E-state index is 0.0684. The zero-order valence-electron chi connectivity index (χ0n) is 19.1. The van der Waals surface area contributed by atoms with Crippen LogP contribution in [0.25, 0.3) is 0 Å². The zero-order valence-corrected chi connectivity index (χ0v) is 19.1. The number of aliphatic hydroxyl groups is 2. The zero-order chi connectivity index (χ0) is 23.9. The molecular formula is C21H40N2O8. The Morgan fingerprint density at radius 1 is 0.806 bits per heavy atom. The smallest absolute Gasteiger partial charge is 0.333 e. The Balaban J connectivity index is 0. The van der Waals surface area contributed by atoms with Crippen molar-refractivity contribution in [1.82, 2.24) is 10.6 Å². The number of rotatable bonds is 19. The van der Waals surface area contributed by atoms with Crippen LogP contribution in [0.15, 0.2) is 24.3 Å². The molecule has 0 saturated heterocycles. The molecule has 0 aromatic rings. The fourth-order valence-electron chi connectivity index (χ4n) is 1.84. The molecule has 31 heavy (non-hydrogen) atoms. The van der Waals surface area contributed by atoms with Gasteiger partial charge in [0.1, 0.15) is 12.7 Å². The van der Waals surface area contributed by atoms with E-state index in [2.05, 4.69) is 23.8 Å². The minimum atomic E-state index is -0.771. The quantitative estimate of drug-likeness (QED) is 0.119. The van der Waals surface area contributed by atoms with Crippen molar-refractivity contribution in [3.8, 4) is 0 Å². The Morgan fingerprint density at radius 2 is 1.32 bits per heavy atom. The fraction of sp³-hybridized carbons (Fsp3) is 0.714. The molecule has 0 heterocycles. The summed E-state index contributed by atoms with van der Waals surface area (Å²) >= 11 is 0. The van der Waals surface area contributed by atoms with E-state index >= 15 is 0 Å². The highest BCUT2D eigenvalue weighted by Crippen LogP contribution is 1.94. The SMILES string of the molecule is C=C(C)C(=O)OCCCNCCOCCOCCNCC(O)COC(=O)C(=C)C.CO. The first-order valence-corrected chi connectivity index (χ1v) is 10.2. The van der Waals surface area contributed by atoms with E-state index in [0.29, 0.717) is 63.8 Å². The molecule has 1 atom stereocenters. The first-order valence-electron chi connectivity index (χ1n) is 10.2. The van der Waals surface area contributed by atoms with E-state index in [1.165, 1.54) is 0 Å². The number of carbonyl (C=O) groups is 2. The monoisotopic (exact) mass is 448 g/mol. The number of nitrogens with one attached hydrogen (secondary N) is 2. The van der Waals surface area contributed by atoms with E-state index in [1.54, 1.807) is 13.8 Å². The van der Waals surface area contributed by atoms with Gasteiger partial charge in [-0.15, -0.1) is 0 Å². The molecule has 0 aliphatic rings. The van der Waals surface area contributed by atoms with Crippen molar-refractivity contribution in [3.63, 3.8) is 0 Å². The molecule has 0 amide bonds. The molecular weight excluding hydrogens is 408 g/mol. The molecule has 0 aliphatic carbocycles. The minimum Gasteiger partial charge on any atom is -0.462 e. The van der Waals surface area contributed by atoms with Crippen LogP contribution >= 0.6 is 0 Å². The molecule has 4 N–H and O–H groups in total. The second-order valence-electron chi connectivity index (χ2n) is 6.48. The van der Waals surface area contributed by atoms with Crippen LogP contribution in [-0.4, -0.2) is 101 Å². The summed E-state index contributed by atoms with van der Waals surface area (Å²) in [5.41, 5.74) is 0.710. The van der Waals surface area contributed by atoms with Gasteiger partial charge in [0, 0.05) is 37.9 Å². The highest BCUT2D eigenvalue weighted by Gasteiger charge is 2.08. The van der Waals surface area contributed by atoms with Crippen LogP contribution < -0.4 is 10.6 Å². The first-order chi connectivity index (χ1) is 14.8. The van der Waals surface area contributed by atoms with E-state index in [9.17, 15) is 14.7 Å². The van der Waals surface area contributed by atoms with Crippen LogP contribution in [-0.2, 0) is 28.5 Å². The highest BCUT2D eigenvalue weighted by atomic mass is 16.5. The van der Waals surface area contributed by atoms with E-state index < -0.39 is 12.1 Å². The lowest BCUT2D eigenvalue weighted by molar-refractivity contribution is -0.142. The summed E-state index contributed by atoms with van der Waals surface area (Å²) in [7, 11) is 1.00. The van der Waals surface area contributed by atoms with E-state index in [-0.39, 0.29) is 12.6 Å². The molecule has 0 spiro atoms. The Labute approximate surface area is 185 Å². The highest BCUT2D eigenvalue weighted by molar-refractivity contribution is 5.87. The lowest BCUT2D eigenvalue weighted by Gasteiger charge is -2.12. The van der Waals surface area contributed by atoms with Gasteiger partial charge in [0.2, 0.25) is 0 Å². The third kappa shape index (κ3) is 22.7. The van der Waals surface area contributed by atoms with Gasteiger partial charge in [-0.3, -0.25) is 0 Å². The predicted octanol–water partition coefficient (Wildman–Crippen LogP) is -0.203. The Kier molecular flexibility index (Phi) is 23.1. The number of hydrogen-bond donors (Lipinski definition) is 4. The summed E-state index contributed by atoms with van der Waals surface area (Å²) in [6.45, 7) is 14.8. The number of hydrogen-bond acceptors (Lipinski definition) is 10. The second kappa shape index (κ2) is 22.9. The van der Waals surface area contributed by atoms with Crippen LogP contribution in [0, 0.1) is 0 Å². The summed E-state index contributed by atoms with van der Waals surface area (Å²) in [5, 5.41) is 22.9. The third-order valence-electron chi connectivity index (χ3n) is 3.43. The van der Waals surface area contributed by atoms with E-state index in [1.807, 2.05) is 0 Å². The van der Waals surface area contributed by atoms with Gasteiger partial charge < -0.3 is 39.8 Å². The van der Waals surface area contributed by atoms with Crippen molar-refractivity contribution in [1.29, 1.82) is 0 Å². The van der Waals surface area contributed by atoms with Gasteiger partial charge in [-0.2, -0.15) is 0 Å². The number of esters is 2. The van der Waals surface area contributed by atoms with Gasteiger partial charge in [-0.1, -0.05) is 13.2 Å². The molecule has 0 radical (unpaired) electrons.